The third-order valence-corrected chi connectivity index (χ3v) is 8.91. The summed E-state index contributed by atoms with van der Waals surface area (Å²) in [7, 11) is 1.49. The van der Waals surface area contributed by atoms with Crippen LogP contribution in [0.1, 0.15) is 37.7 Å². The number of halogens is 3. The van der Waals surface area contributed by atoms with Crippen LogP contribution >= 0.6 is 15.9 Å². The summed E-state index contributed by atoms with van der Waals surface area (Å²) in [4.78, 5) is 35.5. The number of hydrogen-bond donors (Lipinski definition) is 0. The van der Waals surface area contributed by atoms with Crippen molar-refractivity contribution in [1.29, 1.82) is 5.26 Å². The maximum atomic E-state index is 14.6. The molecule has 0 N–H and O–H groups in total. The first kappa shape index (κ1) is 39.0. The molecular weight excluding hydrogens is 783 g/mol. The summed E-state index contributed by atoms with van der Waals surface area (Å²) < 4.78 is 52.1. The number of methoxy groups -OCH3 is 1. The van der Waals surface area contributed by atoms with Crippen molar-refractivity contribution < 1.29 is 37.3 Å². The molecule has 7 aromatic rings. The molecule has 2 heterocycles. The first-order valence-electron chi connectivity index (χ1n) is 16.3. The molecule has 268 valence electrons. The quantitative estimate of drug-likeness (QED) is 0.0758. The van der Waals surface area contributed by atoms with Gasteiger partial charge in [-0.25, -0.2) is 28.3 Å². The van der Waals surface area contributed by atoms with Crippen LogP contribution in [0.2, 0.25) is 0 Å². The van der Waals surface area contributed by atoms with Crippen LogP contribution in [-0.2, 0) is 18.0 Å². The third-order valence-electron chi connectivity index (χ3n) is 8.42. The second-order valence-corrected chi connectivity index (χ2v) is 12.8. The Balaban J connectivity index is 0.00000514. The summed E-state index contributed by atoms with van der Waals surface area (Å²) in [6.45, 7) is -0.130. The molecule has 9 nitrogen and oxygen atoms in total. The number of benzene rings is 5. The topological polar surface area (TPSA) is 121 Å². The zero-order valence-electron chi connectivity index (χ0n) is 28.3. The molecule has 13 heteroatoms. The third kappa shape index (κ3) is 8.82. The molecule has 0 aliphatic carbocycles. The molecule has 7 rings (SSSR count). The van der Waals surface area contributed by atoms with E-state index in [1.54, 1.807) is 42.5 Å². The van der Waals surface area contributed by atoms with Crippen molar-refractivity contribution in [2.75, 3.05) is 7.11 Å². The van der Waals surface area contributed by atoms with Crippen LogP contribution in [0.15, 0.2) is 120 Å². The van der Waals surface area contributed by atoms with Gasteiger partial charge in [-0.2, -0.15) is 5.26 Å². The van der Waals surface area contributed by atoms with E-state index in [4.69, 9.17) is 18.9 Å². The Hall–Kier alpha value is -5.71. The van der Waals surface area contributed by atoms with Crippen molar-refractivity contribution in [3.05, 3.63) is 159 Å². The Kier molecular flexibility index (Phi) is 12.2. The fourth-order valence-corrected chi connectivity index (χ4v) is 6.01. The van der Waals surface area contributed by atoms with Crippen molar-refractivity contribution in [2.24, 2.45) is 0 Å². The Morgan fingerprint density at radius 1 is 0.745 bits per heavy atom. The summed E-state index contributed by atoms with van der Waals surface area (Å²) in [6, 6.07) is 32.7. The Morgan fingerprint density at radius 2 is 1.38 bits per heavy atom. The van der Waals surface area contributed by atoms with Gasteiger partial charge in [-0.15, -0.1) is 0 Å². The molecule has 0 radical (unpaired) electrons. The number of esters is 2. The first-order chi connectivity index (χ1) is 26.2. The molecule has 0 saturated heterocycles. The van der Waals surface area contributed by atoms with Crippen LogP contribution in [0.25, 0.3) is 32.9 Å². The van der Waals surface area contributed by atoms with Crippen molar-refractivity contribution in [2.45, 2.75) is 13.2 Å². The number of hydrogen-bond acceptors (Lipinski definition) is 9. The van der Waals surface area contributed by atoms with E-state index in [-0.39, 0.29) is 76.7 Å². The van der Waals surface area contributed by atoms with Gasteiger partial charge in [0, 0.05) is 32.9 Å². The van der Waals surface area contributed by atoms with Gasteiger partial charge in [0.05, 0.1) is 29.8 Å². The Morgan fingerprint density at radius 3 is 2.04 bits per heavy atom. The molecule has 0 spiro atoms. The van der Waals surface area contributed by atoms with Gasteiger partial charge in [-0.05, 0) is 71.3 Å². The van der Waals surface area contributed by atoms with Gasteiger partial charge in [0.15, 0.2) is 11.4 Å². The zero-order valence-corrected chi connectivity index (χ0v) is 29.9. The van der Waals surface area contributed by atoms with E-state index in [9.17, 15) is 23.6 Å². The molecule has 0 fully saturated rings. The maximum absolute atomic E-state index is 14.6. The SMILES string of the molecule is COc1ccc2nc(C(=O)OC(=O)c3cc(OCc4ccc(-c5ccccc5C#N)cc4)c4cc(F)ccc4n3)cc(OCc3ccc(Br)cc3F)c2c1.[NaH]. The fraction of sp³-hybridized carbons (Fsp3) is 0.0714. The summed E-state index contributed by atoms with van der Waals surface area (Å²) in [5.74, 6) is -2.44. The van der Waals surface area contributed by atoms with E-state index in [2.05, 4.69) is 32.0 Å². The van der Waals surface area contributed by atoms with Crippen LogP contribution in [0.3, 0.4) is 0 Å². The van der Waals surface area contributed by atoms with Crippen LogP contribution in [-0.4, -0.2) is 58.6 Å². The minimum absolute atomic E-state index is 0. The van der Waals surface area contributed by atoms with Gasteiger partial charge >= 0.3 is 41.5 Å². The van der Waals surface area contributed by atoms with Gasteiger partial charge in [0.25, 0.3) is 0 Å². The number of nitriles is 1. The summed E-state index contributed by atoms with van der Waals surface area (Å²) in [6.07, 6.45) is 0. The van der Waals surface area contributed by atoms with E-state index < -0.39 is 23.6 Å². The molecular formula is C42H27BrF2N3NaO6. The van der Waals surface area contributed by atoms with E-state index >= 15 is 0 Å². The van der Waals surface area contributed by atoms with Crippen LogP contribution in [0.5, 0.6) is 17.2 Å². The van der Waals surface area contributed by atoms with E-state index in [0.717, 1.165) is 16.7 Å². The average Bonchev–Trinajstić information content (AvgIpc) is 3.19. The normalized spacial score (nSPS) is 10.7. The standard InChI is InChI=1S/C42H26BrF2N3O6.Na.H/c1-51-30-13-15-36-33(18-30)40(53-23-27-10-11-28(43)16-34(27)45)20-38(48-36)42(50)54-41(49)37-19-39(32-17-29(44)12-14-35(32)47-37)52-22-24-6-8-25(9-7-24)31-5-3-2-4-26(31)21-46;;/h2-20H,22-23H2,1H3;;. The van der Waals surface area contributed by atoms with Crippen molar-refractivity contribution in [3.63, 3.8) is 0 Å². The summed E-state index contributed by atoms with van der Waals surface area (Å²) in [5.41, 5.74) is 3.24. The number of ether oxygens (including phenoxy) is 4. The first-order valence-corrected chi connectivity index (χ1v) is 17.1. The predicted molar refractivity (Wildman–Crippen MR) is 206 cm³/mol. The minimum atomic E-state index is -1.10. The molecule has 0 atom stereocenters. The van der Waals surface area contributed by atoms with Crippen molar-refractivity contribution >= 4 is 79.2 Å². The van der Waals surface area contributed by atoms with E-state index in [1.807, 2.05) is 36.4 Å². The molecule has 2 aromatic heterocycles. The molecule has 5 aromatic carbocycles. The van der Waals surface area contributed by atoms with Crippen LogP contribution < -0.4 is 14.2 Å². The number of carbonyl (C=O) groups is 2. The van der Waals surface area contributed by atoms with E-state index in [0.29, 0.717) is 32.1 Å². The van der Waals surface area contributed by atoms with Crippen LogP contribution in [0.4, 0.5) is 8.78 Å². The Bertz CT molecular complexity index is 2640. The van der Waals surface area contributed by atoms with Crippen molar-refractivity contribution in [3.8, 4) is 34.4 Å². The molecule has 0 unspecified atom stereocenters. The number of rotatable bonds is 10. The second-order valence-electron chi connectivity index (χ2n) is 11.9. The molecule has 0 aliphatic rings. The van der Waals surface area contributed by atoms with Gasteiger partial charge in [0.1, 0.15) is 42.1 Å². The van der Waals surface area contributed by atoms with Gasteiger partial charge in [-0.1, -0.05) is 64.5 Å². The fourth-order valence-electron chi connectivity index (χ4n) is 5.67. The average molecular weight is 811 g/mol. The van der Waals surface area contributed by atoms with Crippen molar-refractivity contribution in [1.82, 2.24) is 9.97 Å². The molecule has 55 heavy (non-hydrogen) atoms. The van der Waals surface area contributed by atoms with E-state index in [1.165, 1.54) is 43.5 Å². The van der Waals surface area contributed by atoms with Gasteiger partial charge in [0.2, 0.25) is 0 Å². The van der Waals surface area contributed by atoms with Crippen LogP contribution in [0, 0.1) is 23.0 Å². The number of pyridine rings is 2. The molecule has 0 amide bonds. The van der Waals surface area contributed by atoms with Gasteiger partial charge in [-0.3, -0.25) is 0 Å². The number of carbonyl (C=O) groups excluding carboxylic acids is 2. The summed E-state index contributed by atoms with van der Waals surface area (Å²) in [5, 5.41) is 10.2. The summed E-state index contributed by atoms with van der Waals surface area (Å²) >= 11 is 3.24. The predicted octanol–water partition coefficient (Wildman–Crippen LogP) is 8.88. The molecule has 0 saturated carbocycles. The number of fused-ring (bicyclic) bond motifs is 2. The Labute approximate surface area is 343 Å². The molecule has 0 aliphatic heterocycles. The van der Waals surface area contributed by atoms with Gasteiger partial charge < -0.3 is 18.9 Å². The molecule has 0 bridgehead atoms. The second kappa shape index (κ2) is 17.2. The number of aromatic nitrogens is 2. The number of nitrogens with zero attached hydrogens (tertiary/aromatic N) is 3. The zero-order chi connectivity index (χ0) is 37.8. The monoisotopic (exact) mass is 809 g/mol.